The van der Waals surface area contributed by atoms with Crippen LogP contribution in [0.25, 0.3) is 10.9 Å². The topological polar surface area (TPSA) is 57.4 Å². The molecule has 26 heavy (non-hydrogen) atoms. The lowest BCUT2D eigenvalue weighted by molar-refractivity contribution is 0.0575. The van der Waals surface area contributed by atoms with E-state index in [0.29, 0.717) is 17.7 Å². The van der Waals surface area contributed by atoms with E-state index in [1.807, 2.05) is 25.1 Å². The van der Waals surface area contributed by atoms with Crippen LogP contribution in [0.5, 0.6) is 5.75 Å². The molecule has 0 radical (unpaired) electrons. The molecule has 2 aliphatic rings. The van der Waals surface area contributed by atoms with Gasteiger partial charge in [-0.15, -0.1) is 0 Å². The van der Waals surface area contributed by atoms with Crippen LogP contribution < -0.4 is 10.1 Å². The Morgan fingerprint density at radius 2 is 2.12 bits per heavy atom. The Morgan fingerprint density at radius 3 is 2.96 bits per heavy atom. The Bertz CT molecular complexity index is 796. The van der Waals surface area contributed by atoms with E-state index in [1.54, 1.807) is 7.11 Å². The average Bonchev–Trinajstić information content (AvgIpc) is 3.02. The number of amides is 1. The number of ether oxygens (including phenoxy) is 1. The van der Waals surface area contributed by atoms with Crippen molar-refractivity contribution in [1.82, 2.24) is 15.2 Å². The van der Waals surface area contributed by atoms with Crippen molar-refractivity contribution >= 4 is 16.8 Å². The van der Waals surface area contributed by atoms with Gasteiger partial charge in [0.2, 0.25) is 0 Å². The van der Waals surface area contributed by atoms with Crippen LogP contribution >= 0.6 is 0 Å². The van der Waals surface area contributed by atoms with Crippen LogP contribution in [0.2, 0.25) is 0 Å². The van der Waals surface area contributed by atoms with Gasteiger partial charge in [0.25, 0.3) is 5.91 Å². The van der Waals surface area contributed by atoms with Crippen LogP contribution in [-0.4, -0.2) is 48.6 Å². The molecular weight excluding hydrogens is 326 g/mol. The second kappa shape index (κ2) is 7.31. The van der Waals surface area contributed by atoms with E-state index in [9.17, 15) is 4.79 Å². The maximum Gasteiger partial charge on any atom is 0.268 e. The first-order chi connectivity index (χ1) is 12.7. The lowest BCUT2D eigenvalue weighted by atomic mass is 9.83. The number of rotatable bonds is 4. The van der Waals surface area contributed by atoms with Crippen molar-refractivity contribution in [2.24, 2.45) is 5.92 Å². The van der Waals surface area contributed by atoms with E-state index >= 15 is 0 Å². The minimum Gasteiger partial charge on any atom is -0.497 e. The zero-order valence-corrected chi connectivity index (χ0v) is 15.8. The van der Waals surface area contributed by atoms with E-state index in [-0.39, 0.29) is 5.91 Å². The third-order valence-corrected chi connectivity index (χ3v) is 6.25. The summed E-state index contributed by atoms with van der Waals surface area (Å²) in [5.74, 6) is 1.40. The minimum atomic E-state index is 0.00518. The molecule has 0 aliphatic carbocycles. The first-order valence-electron chi connectivity index (χ1n) is 9.86. The summed E-state index contributed by atoms with van der Waals surface area (Å²) in [7, 11) is 1.66. The molecular formula is C21H29N3O2. The van der Waals surface area contributed by atoms with Gasteiger partial charge in [-0.2, -0.15) is 0 Å². The van der Waals surface area contributed by atoms with Crippen LogP contribution in [0.3, 0.4) is 0 Å². The van der Waals surface area contributed by atoms with Gasteiger partial charge in [-0.1, -0.05) is 6.42 Å². The van der Waals surface area contributed by atoms with Crippen LogP contribution in [0.1, 0.15) is 48.2 Å². The third kappa shape index (κ3) is 3.20. The summed E-state index contributed by atoms with van der Waals surface area (Å²) in [6, 6.07) is 6.53. The third-order valence-electron chi connectivity index (χ3n) is 6.25. The SMILES string of the molecule is COc1ccc2[nH]c(C(=O)NCC3CCCN4CCCCC34)c(C)c2c1. The van der Waals surface area contributed by atoms with Crippen molar-refractivity contribution < 1.29 is 9.53 Å². The van der Waals surface area contributed by atoms with Crippen molar-refractivity contribution in [3.63, 3.8) is 0 Å². The van der Waals surface area contributed by atoms with Crippen LogP contribution in [0.4, 0.5) is 0 Å². The summed E-state index contributed by atoms with van der Waals surface area (Å²) in [4.78, 5) is 18.7. The Labute approximate surface area is 155 Å². The number of hydrogen-bond acceptors (Lipinski definition) is 3. The molecule has 3 heterocycles. The minimum absolute atomic E-state index is 0.00518. The van der Waals surface area contributed by atoms with Gasteiger partial charge in [-0.3, -0.25) is 4.79 Å². The second-order valence-electron chi connectivity index (χ2n) is 7.75. The summed E-state index contributed by atoms with van der Waals surface area (Å²) in [6.07, 6.45) is 6.42. The lowest BCUT2D eigenvalue weighted by Crippen LogP contribution is -2.51. The highest BCUT2D eigenvalue weighted by molar-refractivity contribution is 6.01. The molecule has 2 aliphatic heterocycles. The number of carbonyl (C=O) groups is 1. The fourth-order valence-electron chi connectivity index (χ4n) is 4.79. The quantitative estimate of drug-likeness (QED) is 0.883. The molecule has 2 N–H and O–H groups in total. The molecule has 2 saturated heterocycles. The number of aromatic nitrogens is 1. The number of methoxy groups -OCH3 is 1. The summed E-state index contributed by atoms with van der Waals surface area (Å²) >= 11 is 0. The number of fused-ring (bicyclic) bond motifs is 2. The Balaban J connectivity index is 1.46. The van der Waals surface area contributed by atoms with Crippen LogP contribution in [-0.2, 0) is 0 Å². The summed E-state index contributed by atoms with van der Waals surface area (Å²) in [5, 5.41) is 4.25. The number of nitrogens with one attached hydrogen (secondary N) is 2. The van der Waals surface area contributed by atoms with Crippen molar-refractivity contribution in [1.29, 1.82) is 0 Å². The van der Waals surface area contributed by atoms with Gasteiger partial charge < -0.3 is 19.9 Å². The second-order valence-corrected chi connectivity index (χ2v) is 7.75. The number of aryl methyl sites for hydroxylation is 1. The highest BCUT2D eigenvalue weighted by Gasteiger charge is 2.33. The maximum atomic E-state index is 12.8. The van der Waals surface area contributed by atoms with Crippen molar-refractivity contribution in [3.8, 4) is 5.75 Å². The standard InChI is InChI=1S/C21H29N3O2/c1-14-17-12-16(26-2)8-9-18(17)23-20(14)21(25)22-13-15-6-5-11-24-10-4-3-7-19(15)24/h8-9,12,15,19,23H,3-7,10-11,13H2,1-2H3,(H,22,25). The first-order valence-corrected chi connectivity index (χ1v) is 9.86. The smallest absolute Gasteiger partial charge is 0.268 e. The summed E-state index contributed by atoms with van der Waals surface area (Å²) in [5.41, 5.74) is 2.63. The Hall–Kier alpha value is -2.01. The Morgan fingerprint density at radius 1 is 1.27 bits per heavy atom. The Kier molecular flexibility index (Phi) is 4.90. The molecule has 2 atom stereocenters. The van der Waals surface area contributed by atoms with Crippen LogP contribution in [0.15, 0.2) is 18.2 Å². The molecule has 5 nitrogen and oxygen atoms in total. The molecule has 5 heteroatoms. The van der Waals surface area contributed by atoms with Gasteiger partial charge in [-0.25, -0.2) is 0 Å². The molecule has 2 unspecified atom stereocenters. The lowest BCUT2D eigenvalue weighted by Gasteiger charge is -2.44. The molecule has 2 aromatic rings. The van der Waals surface area contributed by atoms with E-state index in [4.69, 9.17) is 4.74 Å². The monoisotopic (exact) mass is 355 g/mol. The highest BCUT2D eigenvalue weighted by Crippen LogP contribution is 2.31. The van der Waals surface area contributed by atoms with E-state index < -0.39 is 0 Å². The molecule has 2 fully saturated rings. The van der Waals surface area contributed by atoms with Crippen molar-refractivity contribution in [3.05, 3.63) is 29.5 Å². The van der Waals surface area contributed by atoms with Crippen molar-refractivity contribution in [2.45, 2.75) is 45.1 Å². The molecule has 4 rings (SSSR count). The fraction of sp³-hybridized carbons (Fsp3) is 0.571. The predicted molar refractivity (Wildman–Crippen MR) is 104 cm³/mol. The highest BCUT2D eigenvalue weighted by atomic mass is 16.5. The summed E-state index contributed by atoms with van der Waals surface area (Å²) in [6.45, 7) is 5.24. The van der Waals surface area contributed by atoms with Gasteiger partial charge in [0.1, 0.15) is 11.4 Å². The number of aromatic amines is 1. The van der Waals surface area contributed by atoms with E-state index in [1.165, 1.54) is 45.2 Å². The normalized spacial score (nSPS) is 23.6. The summed E-state index contributed by atoms with van der Waals surface area (Å²) < 4.78 is 5.31. The van der Waals surface area contributed by atoms with Gasteiger partial charge in [0.15, 0.2) is 0 Å². The van der Waals surface area contributed by atoms with Crippen LogP contribution in [0, 0.1) is 12.8 Å². The molecule has 0 bridgehead atoms. The number of piperidine rings is 2. The largest absolute Gasteiger partial charge is 0.497 e. The molecule has 1 amide bonds. The van der Waals surface area contributed by atoms with E-state index in [0.717, 1.165) is 28.8 Å². The zero-order valence-electron chi connectivity index (χ0n) is 15.8. The average molecular weight is 355 g/mol. The number of nitrogens with zero attached hydrogens (tertiary/aromatic N) is 1. The van der Waals surface area contributed by atoms with Gasteiger partial charge in [0, 0.05) is 23.5 Å². The van der Waals surface area contributed by atoms with Crippen molar-refractivity contribution in [2.75, 3.05) is 26.7 Å². The molecule has 1 aromatic heterocycles. The zero-order chi connectivity index (χ0) is 18.1. The first kappa shape index (κ1) is 17.4. The number of H-pyrrole nitrogens is 1. The number of carbonyl (C=O) groups excluding carboxylic acids is 1. The number of hydrogen-bond donors (Lipinski definition) is 2. The molecule has 1 aromatic carbocycles. The van der Waals surface area contributed by atoms with Gasteiger partial charge in [0.05, 0.1) is 7.11 Å². The van der Waals surface area contributed by atoms with Gasteiger partial charge >= 0.3 is 0 Å². The van der Waals surface area contributed by atoms with E-state index in [2.05, 4.69) is 15.2 Å². The predicted octanol–water partition coefficient (Wildman–Crippen LogP) is 3.48. The number of benzene rings is 1. The molecule has 0 saturated carbocycles. The fourth-order valence-corrected chi connectivity index (χ4v) is 4.79. The maximum absolute atomic E-state index is 12.8. The molecule has 0 spiro atoms. The van der Waals surface area contributed by atoms with Gasteiger partial charge in [-0.05, 0) is 75.4 Å². The molecule has 140 valence electrons.